The van der Waals surface area contributed by atoms with E-state index in [1.807, 2.05) is 6.92 Å². The van der Waals surface area contributed by atoms with Gasteiger partial charge in [0.2, 0.25) is 5.91 Å². The van der Waals surface area contributed by atoms with Crippen molar-refractivity contribution in [3.05, 3.63) is 26.6 Å². The number of thiophene rings is 1. The number of carbonyl (C=O) groups is 1. The molecule has 0 radical (unpaired) electrons. The van der Waals surface area contributed by atoms with E-state index in [-0.39, 0.29) is 11.5 Å². The molecule has 0 aliphatic heterocycles. The molecule has 2 N–H and O–H groups in total. The van der Waals surface area contributed by atoms with E-state index >= 15 is 0 Å². The average molecular weight is 351 g/mol. The van der Waals surface area contributed by atoms with Crippen LogP contribution in [0.1, 0.15) is 42.5 Å². The number of fused-ring (bicyclic) bond motifs is 3. The topological polar surface area (TPSA) is 74.8 Å². The number of aryl methyl sites for hydroxylation is 2. The van der Waals surface area contributed by atoms with Crippen LogP contribution in [-0.2, 0) is 23.4 Å². The summed E-state index contributed by atoms with van der Waals surface area (Å²) in [5.41, 5.74) is 1.18. The molecular formula is C16H21N3O2S2. The maximum Gasteiger partial charge on any atom is 0.259 e. The fourth-order valence-electron chi connectivity index (χ4n) is 2.83. The second-order valence-electron chi connectivity index (χ2n) is 5.75. The number of nitrogens with zero attached hydrogens (tertiary/aromatic N) is 1. The third kappa shape index (κ3) is 3.77. The number of carbonyl (C=O) groups excluding carboxylic acids is 1. The van der Waals surface area contributed by atoms with E-state index in [1.165, 1.54) is 28.6 Å². The van der Waals surface area contributed by atoms with E-state index in [0.29, 0.717) is 23.9 Å². The van der Waals surface area contributed by atoms with Crippen LogP contribution in [0.25, 0.3) is 10.2 Å². The molecule has 2 aromatic rings. The van der Waals surface area contributed by atoms with Gasteiger partial charge in [0.25, 0.3) is 5.56 Å². The van der Waals surface area contributed by atoms with Crippen molar-refractivity contribution in [2.24, 2.45) is 0 Å². The predicted molar refractivity (Wildman–Crippen MR) is 96.3 cm³/mol. The number of rotatable bonds is 6. The summed E-state index contributed by atoms with van der Waals surface area (Å²) in [5.74, 6) is 1.64. The van der Waals surface area contributed by atoms with Crippen molar-refractivity contribution >= 4 is 39.2 Å². The van der Waals surface area contributed by atoms with Crippen molar-refractivity contribution in [1.82, 2.24) is 15.3 Å². The monoisotopic (exact) mass is 351 g/mol. The average Bonchev–Trinajstić information content (AvgIpc) is 2.91. The van der Waals surface area contributed by atoms with Gasteiger partial charge in [0.1, 0.15) is 10.7 Å². The zero-order valence-electron chi connectivity index (χ0n) is 13.2. The van der Waals surface area contributed by atoms with Gasteiger partial charge in [0.15, 0.2) is 0 Å². The molecule has 3 rings (SSSR count). The van der Waals surface area contributed by atoms with Crippen LogP contribution in [0.5, 0.6) is 0 Å². The molecule has 1 aliphatic rings. The number of nitrogens with one attached hydrogen (secondary N) is 2. The molecule has 0 bridgehead atoms. The second kappa shape index (κ2) is 7.49. The number of thioether (sulfide) groups is 1. The Kier molecular flexibility index (Phi) is 5.38. The molecule has 0 unspecified atom stereocenters. The number of aromatic amines is 1. The molecule has 2 heterocycles. The van der Waals surface area contributed by atoms with Crippen molar-refractivity contribution < 1.29 is 4.79 Å². The van der Waals surface area contributed by atoms with Crippen molar-refractivity contribution in [1.29, 1.82) is 0 Å². The highest BCUT2D eigenvalue weighted by molar-refractivity contribution is 7.99. The van der Waals surface area contributed by atoms with E-state index in [2.05, 4.69) is 15.3 Å². The normalized spacial score (nSPS) is 14.0. The number of amides is 1. The Labute approximate surface area is 143 Å². The van der Waals surface area contributed by atoms with Gasteiger partial charge in [0.05, 0.1) is 16.9 Å². The van der Waals surface area contributed by atoms with Gasteiger partial charge in [-0.15, -0.1) is 23.1 Å². The van der Waals surface area contributed by atoms with Gasteiger partial charge in [-0.3, -0.25) is 9.59 Å². The Hall–Kier alpha value is -1.34. The summed E-state index contributed by atoms with van der Waals surface area (Å²) in [6.45, 7) is 2.74. The zero-order valence-corrected chi connectivity index (χ0v) is 14.9. The molecule has 0 spiro atoms. The van der Waals surface area contributed by atoms with Gasteiger partial charge >= 0.3 is 0 Å². The summed E-state index contributed by atoms with van der Waals surface area (Å²) in [7, 11) is 0. The molecule has 0 fully saturated rings. The van der Waals surface area contributed by atoms with Crippen LogP contribution in [0, 0.1) is 0 Å². The fraction of sp³-hybridized carbons (Fsp3) is 0.562. The quantitative estimate of drug-likeness (QED) is 0.839. The van der Waals surface area contributed by atoms with Gasteiger partial charge in [-0.25, -0.2) is 4.98 Å². The smallest absolute Gasteiger partial charge is 0.259 e. The summed E-state index contributed by atoms with van der Waals surface area (Å²) >= 11 is 3.14. The Morgan fingerprint density at radius 2 is 2.22 bits per heavy atom. The summed E-state index contributed by atoms with van der Waals surface area (Å²) < 4.78 is 0. The standard InChI is InChI=1S/C16H21N3O2S2/c1-2-7-17-13(20)9-22-8-12-18-15(21)14-10-5-3-4-6-11(10)23-16(14)19-12/h2-9H2,1H3,(H,17,20)(H,18,19,21). The number of aromatic nitrogens is 2. The molecular weight excluding hydrogens is 330 g/mol. The minimum Gasteiger partial charge on any atom is -0.355 e. The van der Waals surface area contributed by atoms with E-state index < -0.39 is 0 Å². The van der Waals surface area contributed by atoms with Crippen LogP contribution >= 0.6 is 23.1 Å². The number of hydrogen-bond acceptors (Lipinski definition) is 5. The summed E-state index contributed by atoms with van der Waals surface area (Å²) in [6.07, 6.45) is 5.35. The van der Waals surface area contributed by atoms with Crippen molar-refractivity contribution in [2.75, 3.05) is 12.3 Å². The van der Waals surface area contributed by atoms with E-state index in [4.69, 9.17) is 0 Å². The first kappa shape index (κ1) is 16.5. The van der Waals surface area contributed by atoms with Crippen LogP contribution in [0.2, 0.25) is 0 Å². The first-order valence-electron chi connectivity index (χ1n) is 8.07. The van der Waals surface area contributed by atoms with Crippen LogP contribution in [0.3, 0.4) is 0 Å². The Bertz CT molecular complexity index is 767. The molecule has 7 heteroatoms. The molecule has 1 aliphatic carbocycles. The van der Waals surface area contributed by atoms with Crippen molar-refractivity contribution in [2.45, 2.75) is 44.8 Å². The number of hydrogen-bond donors (Lipinski definition) is 2. The highest BCUT2D eigenvalue weighted by Gasteiger charge is 2.19. The molecule has 2 aromatic heterocycles. The van der Waals surface area contributed by atoms with Gasteiger partial charge in [-0.2, -0.15) is 0 Å². The van der Waals surface area contributed by atoms with E-state index in [1.54, 1.807) is 11.3 Å². The van der Waals surface area contributed by atoms with Gasteiger partial charge in [0, 0.05) is 11.4 Å². The molecule has 5 nitrogen and oxygen atoms in total. The third-order valence-corrected chi connectivity index (χ3v) is 6.05. The summed E-state index contributed by atoms with van der Waals surface area (Å²) in [5, 5.41) is 3.63. The van der Waals surface area contributed by atoms with Gasteiger partial charge < -0.3 is 10.3 Å². The van der Waals surface area contributed by atoms with Crippen LogP contribution in [0.4, 0.5) is 0 Å². The first-order chi connectivity index (χ1) is 11.2. The second-order valence-corrected chi connectivity index (χ2v) is 7.82. The third-order valence-electron chi connectivity index (χ3n) is 3.92. The summed E-state index contributed by atoms with van der Waals surface area (Å²) in [4.78, 5) is 33.7. The largest absolute Gasteiger partial charge is 0.355 e. The maximum atomic E-state index is 12.4. The Morgan fingerprint density at radius 1 is 1.39 bits per heavy atom. The predicted octanol–water partition coefficient (Wildman–Crippen LogP) is 2.62. The van der Waals surface area contributed by atoms with Crippen LogP contribution in [0.15, 0.2) is 4.79 Å². The lowest BCUT2D eigenvalue weighted by molar-refractivity contribution is -0.118. The Balaban J connectivity index is 1.70. The number of H-pyrrole nitrogens is 1. The SMILES string of the molecule is CCCNC(=O)CSCc1nc2sc3c(c2c(=O)[nH]1)CCCC3. The van der Waals surface area contributed by atoms with Crippen molar-refractivity contribution in [3.63, 3.8) is 0 Å². The fourth-order valence-corrected chi connectivity index (χ4v) is 4.83. The molecule has 23 heavy (non-hydrogen) atoms. The summed E-state index contributed by atoms with van der Waals surface area (Å²) in [6, 6.07) is 0. The molecule has 0 atom stereocenters. The Morgan fingerprint density at radius 3 is 3.04 bits per heavy atom. The van der Waals surface area contributed by atoms with E-state index in [9.17, 15) is 9.59 Å². The molecule has 0 saturated carbocycles. The highest BCUT2D eigenvalue weighted by Crippen LogP contribution is 2.33. The van der Waals surface area contributed by atoms with Crippen LogP contribution < -0.4 is 10.9 Å². The molecule has 124 valence electrons. The maximum absolute atomic E-state index is 12.4. The van der Waals surface area contributed by atoms with Gasteiger partial charge in [-0.1, -0.05) is 6.92 Å². The minimum absolute atomic E-state index is 0.0274. The van der Waals surface area contributed by atoms with Crippen molar-refractivity contribution in [3.8, 4) is 0 Å². The lowest BCUT2D eigenvalue weighted by Crippen LogP contribution is -2.25. The molecule has 0 aromatic carbocycles. The zero-order chi connectivity index (χ0) is 16.2. The van der Waals surface area contributed by atoms with Gasteiger partial charge in [-0.05, 0) is 37.7 Å². The highest BCUT2D eigenvalue weighted by atomic mass is 32.2. The lowest BCUT2D eigenvalue weighted by atomic mass is 9.97. The van der Waals surface area contributed by atoms with E-state index in [0.717, 1.165) is 35.9 Å². The minimum atomic E-state index is -0.0274. The molecule has 0 saturated heterocycles. The lowest BCUT2D eigenvalue weighted by Gasteiger charge is -2.09. The molecule has 1 amide bonds. The van der Waals surface area contributed by atoms with Crippen LogP contribution in [-0.4, -0.2) is 28.2 Å². The first-order valence-corrected chi connectivity index (χ1v) is 10.0.